The highest BCUT2D eigenvalue weighted by Gasteiger charge is 2.01. The van der Waals surface area contributed by atoms with Crippen molar-refractivity contribution in [1.82, 2.24) is 9.78 Å². The number of nitrogens with zero attached hydrogens (tertiary/aromatic N) is 2. The van der Waals surface area contributed by atoms with E-state index >= 15 is 0 Å². The molecule has 20 heavy (non-hydrogen) atoms. The Bertz CT molecular complexity index is 717. The maximum Gasteiger partial charge on any atom is 0.152 e. The molecule has 0 bridgehead atoms. The van der Waals surface area contributed by atoms with Crippen LogP contribution in [-0.4, -0.2) is 9.78 Å². The second-order valence-electron chi connectivity index (χ2n) is 4.59. The largest absolute Gasteiger partial charge is 0.339 e. The lowest BCUT2D eigenvalue weighted by molar-refractivity contribution is 0.628. The van der Waals surface area contributed by atoms with E-state index in [0.29, 0.717) is 0 Å². The van der Waals surface area contributed by atoms with Crippen molar-refractivity contribution < 1.29 is 4.39 Å². The Morgan fingerprint density at radius 2 is 1.80 bits per heavy atom. The van der Waals surface area contributed by atoms with Crippen LogP contribution < -0.4 is 5.32 Å². The van der Waals surface area contributed by atoms with Gasteiger partial charge < -0.3 is 5.32 Å². The topological polar surface area (TPSA) is 29.9 Å². The van der Waals surface area contributed by atoms with Crippen LogP contribution >= 0.6 is 0 Å². The molecule has 0 aliphatic carbocycles. The number of anilines is 2. The summed E-state index contributed by atoms with van der Waals surface area (Å²) in [6.07, 6.45) is 1.88. The summed E-state index contributed by atoms with van der Waals surface area (Å²) < 4.78 is 14.7. The third kappa shape index (κ3) is 2.69. The van der Waals surface area contributed by atoms with E-state index < -0.39 is 0 Å². The lowest BCUT2D eigenvalue weighted by Gasteiger charge is -2.06. The molecule has 0 aliphatic rings. The zero-order chi connectivity index (χ0) is 13.9. The standard InChI is InChI=1S/C16H14FN3/c1-20-10-9-16(19-20)18-15-4-2-3-13(11-15)12-5-7-14(17)8-6-12/h2-11H,1H3,(H,18,19). The molecule has 0 fully saturated rings. The highest BCUT2D eigenvalue weighted by atomic mass is 19.1. The highest BCUT2D eigenvalue weighted by molar-refractivity contribution is 5.70. The van der Waals surface area contributed by atoms with Crippen LogP contribution in [0.3, 0.4) is 0 Å². The molecule has 0 spiro atoms. The molecule has 0 atom stereocenters. The van der Waals surface area contributed by atoms with Gasteiger partial charge >= 0.3 is 0 Å². The van der Waals surface area contributed by atoms with Gasteiger partial charge in [-0.05, 0) is 35.4 Å². The minimum absolute atomic E-state index is 0.225. The summed E-state index contributed by atoms with van der Waals surface area (Å²) in [5.74, 6) is 0.570. The van der Waals surface area contributed by atoms with Crippen LogP contribution in [0, 0.1) is 5.82 Å². The fourth-order valence-electron chi connectivity index (χ4n) is 2.05. The maximum absolute atomic E-state index is 12.9. The van der Waals surface area contributed by atoms with Gasteiger partial charge in [-0.15, -0.1) is 0 Å². The average molecular weight is 267 g/mol. The number of aromatic nitrogens is 2. The van der Waals surface area contributed by atoms with Crippen LogP contribution in [0.4, 0.5) is 15.9 Å². The van der Waals surface area contributed by atoms with Crippen LogP contribution in [-0.2, 0) is 7.05 Å². The fraction of sp³-hybridized carbons (Fsp3) is 0.0625. The number of halogens is 1. The Kier molecular flexibility index (Phi) is 3.21. The zero-order valence-electron chi connectivity index (χ0n) is 11.0. The van der Waals surface area contributed by atoms with Crippen molar-refractivity contribution >= 4 is 11.5 Å². The Morgan fingerprint density at radius 3 is 2.50 bits per heavy atom. The number of hydrogen-bond donors (Lipinski definition) is 1. The smallest absolute Gasteiger partial charge is 0.152 e. The van der Waals surface area contributed by atoms with Gasteiger partial charge in [0.15, 0.2) is 5.82 Å². The van der Waals surface area contributed by atoms with E-state index in [1.54, 1.807) is 16.8 Å². The molecule has 100 valence electrons. The summed E-state index contributed by atoms with van der Waals surface area (Å²) in [4.78, 5) is 0. The number of nitrogens with one attached hydrogen (secondary N) is 1. The molecule has 0 saturated carbocycles. The van der Waals surface area contributed by atoms with Gasteiger partial charge in [-0.3, -0.25) is 4.68 Å². The van der Waals surface area contributed by atoms with E-state index in [1.807, 2.05) is 43.6 Å². The van der Waals surface area contributed by atoms with Gasteiger partial charge in [0.25, 0.3) is 0 Å². The van der Waals surface area contributed by atoms with Gasteiger partial charge in [0.1, 0.15) is 5.82 Å². The van der Waals surface area contributed by atoms with E-state index in [2.05, 4.69) is 10.4 Å². The SMILES string of the molecule is Cn1ccc(Nc2cccc(-c3ccc(F)cc3)c2)n1. The van der Waals surface area contributed by atoms with Gasteiger partial charge in [0.05, 0.1) is 0 Å². The van der Waals surface area contributed by atoms with Crippen molar-refractivity contribution in [3.05, 3.63) is 66.6 Å². The van der Waals surface area contributed by atoms with E-state index in [4.69, 9.17) is 0 Å². The normalized spacial score (nSPS) is 10.5. The Hall–Kier alpha value is -2.62. The molecule has 3 rings (SSSR count). The van der Waals surface area contributed by atoms with Crippen molar-refractivity contribution in [2.45, 2.75) is 0 Å². The summed E-state index contributed by atoms with van der Waals surface area (Å²) in [6, 6.07) is 16.3. The van der Waals surface area contributed by atoms with Crippen molar-refractivity contribution in [2.75, 3.05) is 5.32 Å². The summed E-state index contributed by atoms with van der Waals surface area (Å²) in [5, 5.41) is 7.52. The van der Waals surface area contributed by atoms with E-state index in [1.165, 1.54) is 12.1 Å². The number of hydrogen-bond acceptors (Lipinski definition) is 2. The first-order valence-electron chi connectivity index (χ1n) is 6.33. The second kappa shape index (κ2) is 5.17. The Balaban J connectivity index is 1.87. The van der Waals surface area contributed by atoms with Crippen LogP contribution in [0.1, 0.15) is 0 Å². The van der Waals surface area contributed by atoms with Crippen LogP contribution in [0.15, 0.2) is 60.8 Å². The van der Waals surface area contributed by atoms with E-state index in [0.717, 1.165) is 22.6 Å². The van der Waals surface area contributed by atoms with E-state index in [-0.39, 0.29) is 5.82 Å². The average Bonchev–Trinajstić information content (AvgIpc) is 2.85. The molecule has 1 N–H and O–H groups in total. The molecule has 0 amide bonds. The first kappa shape index (κ1) is 12.4. The quantitative estimate of drug-likeness (QED) is 0.778. The summed E-state index contributed by atoms with van der Waals surface area (Å²) >= 11 is 0. The Labute approximate surface area is 116 Å². The van der Waals surface area contributed by atoms with E-state index in [9.17, 15) is 4.39 Å². The third-order valence-electron chi connectivity index (χ3n) is 3.03. The van der Waals surface area contributed by atoms with Crippen LogP contribution in [0.5, 0.6) is 0 Å². The molecule has 3 nitrogen and oxygen atoms in total. The first-order valence-corrected chi connectivity index (χ1v) is 6.33. The molecule has 2 aromatic carbocycles. The molecule has 4 heteroatoms. The molecule has 1 aromatic heterocycles. The second-order valence-corrected chi connectivity index (χ2v) is 4.59. The van der Waals surface area contributed by atoms with Crippen molar-refractivity contribution in [1.29, 1.82) is 0 Å². The lowest BCUT2D eigenvalue weighted by Crippen LogP contribution is -1.93. The van der Waals surface area contributed by atoms with Crippen molar-refractivity contribution in [3.63, 3.8) is 0 Å². The highest BCUT2D eigenvalue weighted by Crippen LogP contribution is 2.24. The van der Waals surface area contributed by atoms with Gasteiger partial charge in [-0.2, -0.15) is 5.10 Å². The fourth-order valence-corrected chi connectivity index (χ4v) is 2.05. The first-order chi connectivity index (χ1) is 9.70. The number of aryl methyl sites for hydroxylation is 1. The maximum atomic E-state index is 12.9. The zero-order valence-corrected chi connectivity index (χ0v) is 11.0. The predicted molar refractivity (Wildman–Crippen MR) is 78.3 cm³/mol. The van der Waals surface area contributed by atoms with Gasteiger partial charge in [0, 0.05) is 25.0 Å². The van der Waals surface area contributed by atoms with Gasteiger partial charge in [-0.1, -0.05) is 24.3 Å². The van der Waals surface area contributed by atoms with Gasteiger partial charge in [0.2, 0.25) is 0 Å². The monoisotopic (exact) mass is 267 g/mol. The summed E-state index contributed by atoms with van der Waals surface area (Å²) in [6.45, 7) is 0. The molecule has 0 radical (unpaired) electrons. The molecule has 3 aromatic rings. The number of benzene rings is 2. The lowest BCUT2D eigenvalue weighted by atomic mass is 10.1. The van der Waals surface area contributed by atoms with Crippen LogP contribution in [0.25, 0.3) is 11.1 Å². The molecule has 1 heterocycles. The molecule has 0 unspecified atom stereocenters. The van der Waals surface area contributed by atoms with Gasteiger partial charge in [-0.25, -0.2) is 4.39 Å². The van der Waals surface area contributed by atoms with Crippen LogP contribution in [0.2, 0.25) is 0 Å². The molecular formula is C16H14FN3. The van der Waals surface area contributed by atoms with Crippen molar-refractivity contribution in [2.24, 2.45) is 7.05 Å². The number of rotatable bonds is 3. The Morgan fingerprint density at radius 1 is 1.00 bits per heavy atom. The molecular weight excluding hydrogens is 253 g/mol. The summed E-state index contributed by atoms with van der Waals surface area (Å²) in [7, 11) is 1.88. The molecule has 0 aliphatic heterocycles. The van der Waals surface area contributed by atoms with Crippen molar-refractivity contribution in [3.8, 4) is 11.1 Å². The molecule has 0 saturated heterocycles. The third-order valence-corrected chi connectivity index (χ3v) is 3.03. The minimum atomic E-state index is -0.225. The summed E-state index contributed by atoms with van der Waals surface area (Å²) in [5.41, 5.74) is 2.97. The predicted octanol–water partition coefficient (Wildman–Crippen LogP) is 3.97. The minimum Gasteiger partial charge on any atom is -0.339 e.